The molecule has 0 unspecified atom stereocenters. The number of aromatic carboxylic acids is 1. The van der Waals surface area contributed by atoms with Gasteiger partial charge in [0, 0.05) is 24.8 Å². The fourth-order valence-electron chi connectivity index (χ4n) is 3.46. The van der Waals surface area contributed by atoms with Gasteiger partial charge in [-0.15, -0.1) is 0 Å². The fraction of sp³-hybridized carbons (Fsp3) is 0.400. The number of carboxylic acids is 1. The molecule has 150 valence electrons. The van der Waals surface area contributed by atoms with Crippen LogP contribution < -0.4 is 5.56 Å². The van der Waals surface area contributed by atoms with Gasteiger partial charge in [-0.3, -0.25) is 4.79 Å². The van der Waals surface area contributed by atoms with Crippen molar-refractivity contribution >= 4 is 5.97 Å². The standard InChI is InChI=1S/C20H21F3N2O3/c21-20(22,23)16-7-10-24(11-8-16)12-13-25-9-1-2-17(18(25)26)14-3-5-15(6-4-14)19(27)28/h1-6,9,16H,7-8,10-13H2,(H,27,28). The van der Waals surface area contributed by atoms with Crippen molar-refractivity contribution in [2.24, 2.45) is 5.92 Å². The third kappa shape index (κ3) is 4.62. The molecule has 1 aromatic carbocycles. The van der Waals surface area contributed by atoms with Gasteiger partial charge in [-0.25, -0.2) is 4.79 Å². The van der Waals surface area contributed by atoms with Crippen LogP contribution in [0.2, 0.25) is 0 Å². The molecule has 1 aliphatic heterocycles. The largest absolute Gasteiger partial charge is 0.478 e. The number of carbonyl (C=O) groups is 1. The molecule has 1 fully saturated rings. The monoisotopic (exact) mass is 394 g/mol. The van der Waals surface area contributed by atoms with Crippen LogP contribution in [0.25, 0.3) is 11.1 Å². The maximum absolute atomic E-state index is 12.8. The van der Waals surface area contributed by atoms with E-state index >= 15 is 0 Å². The molecule has 1 N–H and O–H groups in total. The number of aromatic nitrogens is 1. The summed E-state index contributed by atoms with van der Waals surface area (Å²) in [4.78, 5) is 25.6. The molecule has 0 atom stereocenters. The summed E-state index contributed by atoms with van der Waals surface area (Å²) < 4.78 is 39.8. The highest BCUT2D eigenvalue weighted by atomic mass is 19.4. The summed E-state index contributed by atoms with van der Waals surface area (Å²) >= 11 is 0. The minimum Gasteiger partial charge on any atom is -0.478 e. The summed E-state index contributed by atoms with van der Waals surface area (Å²) in [5, 5.41) is 8.97. The number of nitrogens with zero attached hydrogens (tertiary/aromatic N) is 2. The van der Waals surface area contributed by atoms with Gasteiger partial charge in [0.05, 0.1) is 11.5 Å². The van der Waals surface area contributed by atoms with Crippen molar-refractivity contribution in [3.63, 3.8) is 0 Å². The molecular formula is C20H21F3N2O3. The zero-order valence-corrected chi connectivity index (χ0v) is 15.2. The van der Waals surface area contributed by atoms with Gasteiger partial charge < -0.3 is 14.6 Å². The van der Waals surface area contributed by atoms with Crippen molar-refractivity contribution in [1.29, 1.82) is 0 Å². The lowest BCUT2D eigenvalue weighted by Crippen LogP contribution is -2.41. The third-order valence-corrected chi connectivity index (χ3v) is 5.17. The highest BCUT2D eigenvalue weighted by molar-refractivity contribution is 5.88. The van der Waals surface area contributed by atoms with Crippen LogP contribution in [0, 0.1) is 5.92 Å². The zero-order valence-electron chi connectivity index (χ0n) is 15.2. The van der Waals surface area contributed by atoms with Gasteiger partial charge in [0.1, 0.15) is 0 Å². The van der Waals surface area contributed by atoms with E-state index in [0.717, 1.165) is 0 Å². The molecule has 0 saturated carbocycles. The van der Waals surface area contributed by atoms with E-state index in [1.165, 1.54) is 16.7 Å². The van der Waals surface area contributed by atoms with Crippen molar-refractivity contribution in [1.82, 2.24) is 9.47 Å². The number of halogens is 3. The van der Waals surface area contributed by atoms with E-state index in [4.69, 9.17) is 5.11 Å². The Hall–Kier alpha value is -2.61. The maximum Gasteiger partial charge on any atom is 0.391 e. The number of carboxylic acid groups (broad SMARTS) is 1. The number of alkyl halides is 3. The Morgan fingerprint density at radius 3 is 2.29 bits per heavy atom. The Labute approximate surface area is 160 Å². The first-order valence-corrected chi connectivity index (χ1v) is 9.08. The number of hydrogen-bond acceptors (Lipinski definition) is 3. The lowest BCUT2D eigenvalue weighted by atomic mass is 9.96. The second-order valence-electron chi connectivity index (χ2n) is 6.96. The number of hydrogen-bond donors (Lipinski definition) is 1. The van der Waals surface area contributed by atoms with Crippen LogP contribution in [-0.2, 0) is 6.54 Å². The van der Waals surface area contributed by atoms with Crippen molar-refractivity contribution in [3.05, 3.63) is 58.5 Å². The predicted octanol–water partition coefficient (Wildman–Crippen LogP) is 3.49. The smallest absolute Gasteiger partial charge is 0.391 e. The van der Waals surface area contributed by atoms with Crippen LogP contribution in [-0.4, -0.2) is 46.4 Å². The van der Waals surface area contributed by atoms with E-state index in [2.05, 4.69) is 0 Å². The number of benzene rings is 1. The summed E-state index contributed by atoms with van der Waals surface area (Å²) in [7, 11) is 0. The summed E-state index contributed by atoms with van der Waals surface area (Å²) in [6.45, 7) is 1.63. The molecule has 1 aromatic heterocycles. The van der Waals surface area contributed by atoms with Crippen LogP contribution in [0.1, 0.15) is 23.2 Å². The van der Waals surface area contributed by atoms with Crippen molar-refractivity contribution in [3.8, 4) is 11.1 Å². The third-order valence-electron chi connectivity index (χ3n) is 5.17. The maximum atomic E-state index is 12.8. The number of pyridine rings is 1. The molecule has 2 aromatic rings. The summed E-state index contributed by atoms with van der Waals surface area (Å²) in [6, 6.07) is 9.47. The van der Waals surface area contributed by atoms with Gasteiger partial charge in [0.2, 0.25) is 0 Å². The minimum atomic E-state index is -4.13. The van der Waals surface area contributed by atoms with E-state index < -0.39 is 18.1 Å². The summed E-state index contributed by atoms with van der Waals surface area (Å²) in [5.74, 6) is -2.27. The number of piperidine rings is 1. The molecule has 5 nitrogen and oxygen atoms in total. The minimum absolute atomic E-state index is 0.0916. The molecule has 0 bridgehead atoms. The molecule has 2 heterocycles. The average Bonchev–Trinajstić information content (AvgIpc) is 2.67. The topological polar surface area (TPSA) is 62.5 Å². The summed E-state index contributed by atoms with van der Waals surface area (Å²) in [6.07, 6.45) is -2.30. The van der Waals surface area contributed by atoms with Gasteiger partial charge in [0.25, 0.3) is 5.56 Å². The highest BCUT2D eigenvalue weighted by Gasteiger charge is 2.40. The van der Waals surface area contributed by atoms with Crippen LogP contribution >= 0.6 is 0 Å². The molecule has 3 rings (SSSR count). The Morgan fingerprint density at radius 1 is 1.07 bits per heavy atom. The van der Waals surface area contributed by atoms with E-state index in [-0.39, 0.29) is 24.0 Å². The van der Waals surface area contributed by atoms with Crippen LogP contribution in [0.5, 0.6) is 0 Å². The van der Waals surface area contributed by atoms with Crippen molar-refractivity contribution in [2.75, 3.05) is 19.6 Å². The fourth-order valence-corrected chi connectivity index (χ4v) is 3.46. The van der Waals surface area contributed by atoms with Gasteiger partial charge >= 0.3 is 12.1 Å². The highest BCUT2D eigenvalue weighted by Crippen LogP contribution is 2.33. The van der Waals surface area contributed by atoms with Crippen molar-refractivity contribution in [2.45, 2.75) is 25.6 Å². The lowest BCUT2D eigenvalue weighted by molar-refractivity contribution is -0.185. The van der Waals surface area contributed by atoms with Gasteiger partial charge in [0.15, 0.2) is 0 Å². The second kappa shape index (κ2) is 8.18. The molecule has 1 saturated heterocycles. The number of rotatable bonds is 5. The molecule has 0 aliphatic carbocycles. The average molecular weight is 394 g/mol. The molecule has 28 heavy (non-hydrogen) atoms. The van der Waals surface area contributed by atoms with E-state index in [1.54, 1.807) is 30.5 Å². The molecule has 1 aliphatic rings. The molecular weight excluding hydrogens is 373 g/mol. The van der Waals surface area contributed by atoms with E-state index in [0.29, 0.717) is 37.3 Å². The van der Waals surface area contributed by atoms with Gasteiger partial charge in [-0.1, -0.05) is 12.1 Å². The van der Waals surface area contributed by atoms with E-state index in [1.807, 2.05) is 4.90 Å². The molecule has 0 spiro atoms. The first kappa shape index (κ1) is 20.1. The first-order chi connectivity index (χ1) is 13.3. The normalized spacial score (nSPS) is 16.2. The molecule has 8 heteroatoms. The van der Waals surface area contributed by atoms with Crippen LogP contribution in [0.3, 0.4) is 0 Å². The lowest BCUT2D eigenvalue weighted by Gasteiger charge is -2.32. The van der Waals surface area contributed by atoms with Gasteiger partial charge in [-0.2, -0.15) is 13.2 Å². The Balaban J connectivity index is 1.65. The first-order valence-electron chi connectivity index (χ1n) is 9.08. The Kier molecular flexibility index (Phi) is 5.88. The quantitative estimate of drug-likeness (QED) is 0.843. The van der Waals surface area contributed by atoms with Crippen LogP contribution in [0.4, 0.5) is 13.2 Å². The Morgan fingerprint density at radius 2 is 1.71 bits per heavy atom. The number of likely N-dealkylation sites (tertiary alicyclic amines) is 1. The van der Waals surface area contributed by atoms with Gasteiger partial charge in [-0.05, 0) is 55.8 Å². The SMILES string of the molecule is O=C(O)c1ccc(-c2cccn(CCN3CCC(C(F)(F)F)CC3)c2=O)cc1. The molecule has 0 radical (unpaired) electrons. The Bertz CT molecular complexity index is 883. The predicted molar refractivity (Wildman–Crippen MR) is 98.3 cm³/mol. The van der Waals surface area contributed by atoms with Crippen molar-refractivity contribution < 1.29 is 23.1 Å². The molecule has 0 amide bonds. The second-order valence-corrected chi connectivity index (χ2v) is 6.96. The zero-order chi connectivity index (χ0) is 20.3. The van der Waals surface area contributed by atoms with Crippen LogP contribution in [0.15, 0.2) is 47.4 Å². The summed E-state index contributed by atoms with van der Waals surface area (Å²) in [5.41, 5.74) is 1.00. The van der Waals surface area contributed by atoms with E-state index in [9.17, 15) is 22.8 Å².